The smallest absolute Gasteiger partial charge is 0.255 e. The Kier molecular flexibility index (Phi) is 5.05. The molecular weight excluding hydrogens is 488 g/mol. The molecule has 0 unspecified atom stereocenters. The molecule has 3 fully saturated rings. The van der Waals surface area contributed by atoms with E-state index < -0.39 is 0 Å². The summed E-state index contributed by atoms with van der Waals surface area (Å²) in [5.41, 5.74) is 2.59. The Morgan fingerprint density at radius 3 is 2.30 bits per heavy atom. The summed E-state index contributed by atoms with van der Waals surface area (Å²) in [5.74, 6) is 1.72. The number of carbonyl (C=O) groups excluding carboxylic acids is 2. The standard InChI is InChI=1S/C23H23BrN6O3/c24-18-5-15(7-25-21(18)33-12-13-1-2-13)23(32)30-10-16-8-29(9-17(16)11-30)22(31)14-3-4-19-20(6-14)27-28-26-19/h3-7,13,16-17H,1-2,8-12H2,(H,26,27,28)/t16-,17-/m1/s1. The minimum absolute atomic E-state index is 0.00194. The van der Waals surface area contributed by atoms with E-state index in [0.29, 0.717) is 65.7 Å². The number of aromatic amines is 1. The number of H-pyrrole nitrogens is 1. The molecule has 6 rings (SSSR count). The lowest BCUT2D eigenvalue weighted by molar-refractivity contribution is 0.0738. The molecule has 1 aliphatic carbocycles. The zero-order chi connectivity index (χ0) is 22.5. The number of ether oxygens (including phenoxy) is 1. The number of hydrogen-bond acceptors (Lipinski definition) is 6. The van der Waals surface area contributed by atoms with E-state index in [1.165, 1.54) is 12.8 Å². The van der Waals surface area contributed by atoms with Crippen LogP contribution in [0.1, 0.15) is 33.6 Å². The highest BCUT2D eigenvalue weighted by Gasteiger charge is 2.43. The van der Waals surface area contributed by atoms with Gasteiger partial charge in [0.2, 0.25) is 5.88 Å². The summed E-state index contributed by atoms with van der Waals surface area (Å²) in [5, 5.41) is 10.7. The van der Waals surface area contributed by atoms with E-state index in [9.17, 15) is 9.59 Å². The minimum Gasteiger partial charge on any atom is -0.477 e. The molecule has 1 N–H and O–H groups in total. The Labute approximate surface area is 198 Å². The Hall–Kier alpha value is -3.01. The average Bonchev–Trinajstić information content (AvgIpc) is 3.19. The van der Waals surface area contributed by atoms with Crippen LogP contribution in [0.15, 0.2) is 34.9 Å². The van der Waals surface area contributed by atoms with Gasteiger partial charge in [-0.15, -0.1) is 0 Å². The van der Waals surface area contributed by atoms with Crippen molar-refractivity contribution in [3.8, 4) is 5.88 Å². The Bertz CT molecular complexity index is 1230. The Morgan fingerprint density at radius 1 is 0.970 bits per heavy atom. The lowest BCUT2D eigenvalue weighted by atomic mass is 10.0. The van der Waals surface area contributed by atoms with Crippen molar-refractivity contribution in [1.82, 2.24) is 30.2 Å². The second-order valence-corrected chi connectivity index (χ2v) is 10.1. The third-order valence-corrected chi connectivity index (χ3v) is 7.40. The number of halogens is 1. The maximum absolute atomic E-state index is 13.1. The van der Waals surface area contributed by atoms with Gasteiger partial charge < -0.3 is 14.5 Å². The molecule has 3 aromatic rings. The van der Waals surface area contributed by atoms with Crippen LogP contribution in [0.5, 0.6) is 5.88 Å². The number of nitrogens with zero attached hydrogens (tertiary/aromatic N) is 5. The summed E-state index contributed by atoms with van der Waals surface area (Å²) in [6.07, 6.45) is 4.02. The fraction of sp³-hybridized carbons (Fsp3) is 0.435. The first-order valence-electron chi connectivity index (χ1n) is 11.2. The molecule has 2 aromatic heterocycles. The summed E-state index contributed by atoms with van der Waals surface area (Å²) >= 11 is 3.49. The normalized spacial score (nSPS) is 22.1. The van der Waals surface area contributed by atoms with Gasteiger partial charge in [-0.2, -0.15) is 15.4 Å². The van der Waals surface area contributed by atoms with Crippen molar-refractivity contribution in [3.05, 3.63) is 46.1 Å². The van der Waals surface area contributed by atoms with Crippen LogP contribution < -0.4 is 4.74 Å². The van der Waals surface area contributed by atoms with E-state index >= 15 is 0 Å². The number of likely N-dealkylation sites (tertiary alicyclic amines) is 2. The van der Waals surface area contributed by atoms with Gasteiger partial charge in [-0.1, -0.05) is 0 Å². The molecule has 0 radical (unpaired) electrons. The SMILES string of the molecule is O=C(c1cnc(OCC2CC2)c(Br)c1)N1C[C@H]2CN(C(=O)c3ccc4n[nH]nc4c3)C[C@@H]2C1. The number of hydrogen-bond donors (Lipinski definition) is 1. The highest BCUT2D eigenvalue weighted by Crippen LogP contribution is 2.34. The van der Waals surface area contributed by atoms with Crippen LogP contribution in [-0.4, -0.2) is 74.8 Å². The highest BCUT2D eigenvalue weighted by atomic mass is 79.9. The summed E-state index contributed by atoms with van der Waals surface area (Å²) in [6.45, 7) is 3.27. The predicted molar refractivity (Wildman–Crippen MR) is 123 cm³/mol. The molecular formula is C23H23BrN6O3. The molecule has 2 amide bonds. The first-order valence-corrected chi connectivity index (χ1v) is 12.0. The van der Waals surface area contributed by atoms with Crippen molar-refractivity contribution < 1.29 is 14.3 Å². The molecule has 0 bridgehead atoms. The molecule has 4 heterocycles. The predicted octanol–water partition coefficient (Wildman–Crippen LogP) is 2.75. The van der Waals surface area contributed by atoms with Crippen LogP contribution in [-0.2, 0) is 0 Å². The maximum Gasteiger partial charge on any atom is 0.255 e. The fourth-order valence-electron chi connectivity index (χ4n) is 4.79. The number of benzene rings is 1. The molecule has 0 spiro atoms. The van der Waals surface area contributed by atoms with Crippen molar-refractivity contribution in [3.63, 3.8) is 0 Å². The second kappa shape index (κ2) is 8.09. The van der Waals surface area contributed by atoms with E-state index in [-0.39, 0.29) is 23.7 Å². The molecule has 10 heteroatoms. The van der Waals surface area contributed by atoms with Gasteiger partial charge in [-0.05, 0) is 59.0 Å². The second-order valence-electron chi connectivity index (χ2n) is 9.23. The third kappa shape index (κ3) is 3.96. The van der Waals surface area contributed by atoms with Gasteiger partial charge in [-0.25, -0.2) is 4.98 Å². The van der Waals surface area contributed by atoms with E-state index in [2.05, 4.69) is 36.3 Å². The van der Waals surface area contributed by atoms with E-state index in [1.54, 1.807) is 30.5 Å². The molecule has 1 saturated carbocycles. The highest BCUT2D eigenvalue weighted by molar-refractivity contribution is 9.10. The van der Waals surface area contributed by atoms with Crippen LogP contribution in [0, 0.1) is 17.8 Å². The summed E-state index contributed by atoms with van der Waals surface area (Å²) in [4.78, 5) is 34.2. The number of aromatic nitrogens is 4. The first kappa shape index (κ1) is 20.6. The van der Waals surface area contributed by atoms with Gasteiger partial charge in [0.15, 0.2) is 0 Å². The lowest BCUT2D eigenvalue weighted by Crippen LogP contribution is -2.35. The molecule has 2 saturated heterocycles. The minimum atomic E-state index is -0.0271. The van der Waals surface area contributed by atoms with Crippen molar-refractivity contribution >= 4 is 38.8 Å². The number of fused-ring (bicyclic) bond motifs is 2. The average molecular weight is 511 g/mol. The van der Waals surface area contributed by atoms with Crippen LogP contribution in [0.4, 0.5) is 0 Å². The van der Waals surface area contributed by atoms with Crippen LogP contribution in [0.25, 0.3) is 11.0 Å². The van der Waals surface area contributed by atoms with Crippen LogP contribution >= 0.6 is 15.9 Å². The van der Waals surface area contributed by atoms with Gasteiger partial charge in [0, 0.05) is 49.8 Å². The molecule has 170 valence electrons. The summed E-state index contributed by atoms with van der Waals surface area (Å²) in [6, 6.07) is 7.16. The number of rotatable bonds is 5. The van der Waals surface area contributed by atoms with Crippen LogP contribution in [0.2, 0.25) is 0 Å². The van der Waals surface area contributed by atoms with E-state index in [1.807, 2.05) is 9.80 Å². The number of amides is 2. The van der Waals surface area contributed by atoms with Gasteiger partial charge in [0.25, 0.3) is 11.8 Å². The zero-order valence-corrected chi connectivity index (χ0v) is 19.5. The Balaban J connectivity index is 1.08. The molecule has 2 aliphatic heterocycles. The van der Waals surface area contributed by atoms with Gasteiger partial charge in [0.1, 0.15) is 11.0 Å². The third-order valence-electron chi connectivity index (χ3n) is 6.83. The topological polar surface area (TPSA) is 104 Å². The fourth-order valence-corrected chi connectivity index (χ4v) is 5.26. The molecule has 9 nitrogen and oxygen atoms in total. The van der Waals surface area contributed by atoms with Crippen molar-refractivity contribution in [2.24, 2.45) is 17.8 Å². The number of carbonyl (C=O) groups is 2. The van der Waals surface area contributed by atoms with Gasteiger partial charge in [0.05, 0.1) is 16.6 Å². The van der Waals surface area contributed by atoms with Crippen molar-refractivity contribution in [2.45, 2.75) is 12.8 Å². The van der Waals surface area contributed by atoms with Gasteiger partial charge >= 0.3 is 0 Å². The quantitative estimate of drug-likeness (QED) is 0.565. The molecule has 2 atom stereocenters. The van der Waals surface area contributed by atoms with Crippen LogP contribution in [0.3, 0.4) is 0 Å². The molecule has 3 aliphatic rings. The number of nitrogens with one attached hydrogen (secondary N) is 1. The first-order chi connectivity index (χ1) is 16.0. The van der Waals surface area contributed by atoms with E-state index in [4.69, 9.17) is 4.74 Å². The molecule has 1 aromatic carbocycles. The zero-order valence-electron chi connectivity index (χ0n) is 17.9. The Morgan fingerprint density at radius 2 is 1.64 bits per heavy atom. The maximum atomic E-state index is 13.1. The lowest BCUT2D eigenvalue weighted by Gasteiger charge is -2.22. The van der Waals surface area contributed by atoms with E-state index in [0.717, 1.165) is 5.52 Å². The van der Waals surface area contributed by atoms with Crippen molar-refractivity contribution in [1.29, 1.82) is 0 Å². The summed E-state index contributed by atoms with van der Waals surface area (Å²) < 4.78 is 6.44. The van der Waals surface area contributed by atoms with Crippen molar-refractivity contribution in [2.75, 3.05) is 32.8 Å². The largest absolute Gasteiger partial charge is 0.477 e. The summed E-state index contributed by atoms with van der Waals surface area (Å²) in [7, 11) is 0. The number of pyridine rings is 1. The van der Waals surface area contributed by atoms with Gasteiger partial charge in [-0.3, -0.25) is 9.59 Å². The monoisotopic (exact) mass is 510 g/mol. The molecule has 33 heavy (non-hydrogen) atoms.